The molecule has 5 rings (SSSR count). The lowest BCUT2D eigenvalue weighted by Crippen LogP contribution is -2.24. The largest absolute Gasteiger partial charge is 0.394 e. The fourth-order valence-corrected chi connectivity index (χ4v) is 3.88. The number of rotatable bonds is 4. The zero-order chi connectivity index (χ0) is 18.4. The summed E-state index contributed by atoms with van der Waals surface area (Å²) in [4.78, 5) is 13.2. The zero-order valence-corrected chi connectivity index (χ0v) is 14.9. The van der Waals surface area contributed by atoms with Crippen LogP contribution in [-0.2, 0) is 4.74 Å². The molecule has 1 fully saturated rings. The number of thiophene rings is 1. The van der Waals surface area contributed by atoms with Gasteiger partial charge in [0.05, 0.1) is 28.6 Å². The van der Waals surface area contributed by atoms with E-state index >= 15 is 0 Å². The second kappa shape index (κ2) is 6.54. The molecule has 0 unspecified atom stereocenters. The van der Waals surface area contributed by atoms with Crippen LogP contribution in [0.4, 0.5) is 0 Å². The van der Waals surface area contributed by atoms with Crippen molar-refractivity contribution in [3.8, 4) is 22.2 Å². The molecule has 27 heavy (non-hydrogen) atoms. The number of imidazole rings is 1. The molecule has 3 atom stereocenters. The molecule has 0 radical (unpaired) electrons. The summed E-state index contributed by atoms with van der Waals surface area (Å²) in [6.45, 7) is -0.216. The number of nitrogens with one attached hydrogen (secondary N) is 1. The van der Waals surface area contributed by atoms with Gasteiger partial charge in [-0.05, 0) is 29.6 Å². The Kier molecular flexibility index (Phi) is 4.01. The number of nitrogens with zero attached hydrogens (tertiary/aromatic N) is 3. The van der Waals surface area contributed by atoms with Gasteiger partial charge in [-0.2, -0.15) is 4.98 Å². The smallest absolute Gasteiger partial charge is 0.258 e. The Morgan fingerprint density at radius 2 is 2.19 bits per heavy atom. The van der Waals surface area contributed by atoms with Crippen molar-refractivity contribution in [1.82, 2.24) is 20.1 Å². The number of aliphatic hydroxyl groups excluding tert-OH is 2. The summed E-state index contributed by atoms with van der Waals surface area (Å²) in [7, 11) is 0. The van der Waals surface area contributed by atoms with Gasteiger partial charge in [-0.15, -0.1) is 11.3 Å². The summed E-state index contributed by atoms with van der Waals surface area (Å²) in [5, 5.41) is 25.2. The number of hydrogen-bond donors (Lipinski definition) is 3. The van der Waals surface area contributed by atoms with Gasteiger partial charge in [0.15, 0.2) is 0 Å². The molecule has 0 amide bonds. The van der Waals surface area contributed by atoms with Gasteiger partial charge in [-0.25, -0.2) is 4.98 Å². The summed E-state index contributed by atoms with van der Waals surface area (Å²) in [6.07, 6.45) is -1.25. The molecule has 0 bridgehead atoms. The van der Waals surface area contributed by atoms with Crippen molar-refractivity contribution >= 4 is 22.4 Å². The molecule has 4 aromatic rings. The molecule has 3 aromatic heterocycles. The quantitative estimate of drug-likeness (QED) is 0.495. The minimum atomic E-state index is -0.696. The molecular formula is C18H16N4O4S. The molecule has 1 aliphatic heterocycles. The van der Waals surface area contributed by atoms with Crippen molar-refractivity contribution in [1.29, 1.82) is 0 Å². The maximum absolute atomic E-state index is 9.92. The molecule has 3 N–H and O–H groups in total. The van der Waals surface area contributed by atoms with Crippen molar-refractivity contribution in [2.45, 2.75) is 24.7 Å². The van der Waals surface area contributed by atoms with E-state index in [4.69, 9.17) is 9.26 Å². The minimum Gasteiger partial charge on any atom is -0.394 e. The van der Waals surface area contributed by atoms with Gasteiger partial charge in [-0.1, -0.05) is 11.2 Å². The summed E-state index contributed by atoms with van der Waals surface area (Å²) in [5.74, 6) is 1.63. The first-order valence-electron chi connectivity index (χ1n) is 8.53. The SMILES string of the molecule is OC[C@H]1O[C@@H](c2nc3ccc(-c4nc(-c5cccs5)no4)cc3[nH]2)C[C@@H]1O. The Hall–Kier alpha value is -2.59. The highest BCUT2D eigenvalue weighted by Crippen LogP contribution is 2.33. The van der Waals surface area contributed by atoms with Crippen LogP contribution in [-0.4, -0.2) is 49.1 Å². The molecule has 8 nitrogen and oxygen atoms in total. The van der Waals surface area contributed by atoms with Gasteiger partial charge in [0.2, 0.25) is 5.82 Å². The highest BCUT2D eigenvalue weighted by atomic mass is 32.1. The first-order chi connectivity index (χ1) is 13.2. The molecule has 0 aliphatic carbocycles. The van der Waals surface area contributed by atoms with Crippen molar-refractivity contribution < 1.29 is 19.5 Å². The molecule has 0 spiro atoms. The zero-order valence-electron chi connectivity index (χ0n) is 14.1. The van der Waals surface area contributed by atoms with E-state index in [1.807, 2.05) is 35.7 Å². The van der Waals surface area contributed by atoms with Crippen molar-refractivity contribution in [3.05, 3.63) is 41.5 Å². The lowest BCUT2D eigenvalue weighted by atomic mass is 10.1. The second-order valence-corrected chi connectivity index (χ2v) is 7.35. The van der Waals surface area contributed by atoms with Crippen LogP contribution in [0.2, 0.25) is 0 Å². The molecule has 1 aliphatic rings. The number of fused-ring (bicyclic) bond motifs is 1. The average molecular weight is 384 g/mol. The third-order valence-corrected chi connectivity index (χ3v) is 5.49. The Morgan fingerprint density at radius 1 is 1.26 bits per heavy atom. The fraction of sp³-hybridized carbons (Fsp3) is 0.278. The van der Waals surface area contributed by atoms with Crippen LogP contribution in [0.5, 0.6) is 0 Å². The van der Waals surface area contributed by atoms with E-state index in [1.165, 1.54) is 0 Å². The highest BCUT2D eigenvalue weighted by Gasteiger charge is 2.35. The van der Waals surface area contributed by atoms with Crippen molar-refractivity contribution in [2.24, 2.45) is 0 Å². The van der Waals surface area contributed by atoms with Gasteiger partial charge >= 0.3 is 0 Å². The molecule has 4 heterocycles. The minimum absolute atomic E-state index is 0.216. The second-order valence-electron chi connectivity index (χ2n) is 6.40. The molecule has 9 heteroatoms. The van der Waals surface area contributed by atoms with Crippen LogP contribution in [0.15, 0.2) is 40.2 Å². The topological polar surface area (TPSA) is 117 Å². The van der Waals surface area contributed by atoms with Crippen LogP contribution in [0.3, 0.4) is 0 Å². The number of benzene rings is 1. The Labute approximate surface area is 157 Å². The lowest BCUT2D eigenvalue weighted by Gasteiger charge is -2.09. The molecule has 0 saturated carbocycles. The van der Waals surface area contributed by atoms with Crippen LogP contribution >= 0.6 is 11.3 Å². The number of ether oxygens (including phenoxy) is 1. The van der Waals surface area contributed by atoms with Crippen molar-refractivity contribution in [3.63, 3.8) is 0 Å². The van der Waals surface area contributed by atoms with Gasteiger partial charge in [0, 0.05) is 12.0 Å². The predicted molar refractivity (Wildman–Crippen MR) is 98.0 cm³/mol. The van der Waals surface area contributed by atoms with Crippen LogP contribution in [0, 0.1) is 0 Å². The Morgan fingerprint density at radius 3 is 2.96 bits per heavy atom. The van der Waals surface area contributed by atoms with E-state index in [0.717, 1.165) is 21.5 Å². The standard InChI is InChI=1S/C18H16N4O4S/c23-8-14-12(24)7-13(25-14)16-19-10-4-3-9(6-11(10)20-16)18-21-17(22-26-18)15-2-1-5-27-15/h1-6,12-14,23-24H,7-8H2,(H,19,20)/t12-,13+,14+/m0/s1. The maximum atomic E-state index is 9.92. The van der Waals surface area contributed by atoms with Crippen LogP contribution in [0.25, 0.3) is 33.2 Å². The van der Waals surface area contributed by atoms with Crippen LogP contribution < -0.4 is 0 Å². The van der Waals surface area contributed by atoms with E-state index in [0.29, 0.717) is 24.0 Å². The summed E-state index contributed by atoms with van der Waals surface area (Å²) >= 11 is 1.55. The first kappa shape index (κ1) is 16.6. The molecule has 1 saturated heterocycles. The van der Waals surface area contributed by atoms with E-state index in [2.05, 4.69) is 20.1 Å². The van der Waals surface area contributed by atoms with Crippen molar-refractivity contribution in [2.75, 3.05) is 6.61 Å². The van der Waals surface area contributed by atoms with Gasteiger partial charge in [-0.3, -0.25) is 0 Å². The molecular weight excluding hydrogens is 368 g/mol. The Balaban J connectivity index is 1.44. The normalized spacial score (nSPS) is 22.7. The number of hydrogen-bond acceptors (Lipinski definition) is 8. The summed E-state index contributed by atoms with van der Waals surface area (Å²) < 4.78 is 11.1. The van der Waals surface area contributed by atoms with E-state index in [9.17, 15) is 10.2 Å². The third-order valence-electron chi connectivity index (χ3n) is 4.62. The Bertz CT molecular complexity index is 1070. The summed E-state index contributed by atoms with van der Waals surface area (Å²) in [6, 6.07) is 9.53. The lowest BCUT2D eigenvalue weighted by molar-refractivity contribution is -0.0244. The molecule has 138 valence electrons. The predicted octanol–water partition coefficient (Wildman–Crippen LogP) is 2.52. The average Bonchev–Trinajstić information content (AvgIpc) is 3.44. The fourth-order valence-electron chi connectivity index (χ4n) is 3.23. The van der Waals surface area contributed by atoms with Gasteiger partial charge in [0.1, 0.15) is 18.0 Å². The monoisotopic (exact) mass is 384 g/mol. The highest BCUT2D eigenvalue weighted by molar-refractivity contribution is 7.13. The van der Waals surface area contributed by atoms with E-state index in [-0.39, 0.29) is 12.7 Å². The van der Waals surface area contributed by atoms with Gasteiger partial charge < -0.3 is 24.5 Å². The molecule has 1 aromatic carbocycles. The first-order valence-corrected chi connectivity index (χ1v) is 9.41. The summed E-state index contributed by atoms with van der Waals surface area (Å²) in [5.41, 5.74) is 2.37. The van der Waals surface area contributed by atoms with E-state index < -0.39 is 12.2 Å². The number of aliphatic hydroxyl groups is 2. The van der Waals surface area contributed by atoms with Gasteiger partial charge in [0.25, 0.3) is 5.89 Å². The van der Waals surface area contributed by atoms with Crippen LogP contribution in [0.1, 0.15) is 18.3 Å². The number of H-pyrrole nitrogens is 1. The number of aromatic nitrogens is 4. The number of aromatic amines is 1. The maximum Gasteiger partial charge on any atom is 0.258 e. The van der Waals surface area contributed by atoms with E-state index in [1.54, 1.807) is 11.3 Å². The third kappa shape index (κ3) is 2.94.